The third-order valence-corrected chi connectivity index (χ3v) is 7.17. The number of benzene rings is 2. The number of halogens is 1. The molecular weight excluding hydrogens is 398 g/mol. The van der Waals surface area contributed by atoms with Crippen molar-refractivity contribution < 1.29 is 4.79 Å². The summed E-state index contributed by atoms with van der Waals surface area (Å²) in [6, 6.07) is 18.7. The van der Waals surface area contributed by atoms with Gasteiger partial charge in [-0.15, -0.1) is 11.3 Å². The Hall–Kier alpha value is -2.20. The number of Topliss-reactive ketones (excluding diaryl/α,β-unsaturated/α-hetero) is 1. The van der Waals surface area contributed by atoms with Gasteiger partial charge in [-0.25, -0.2) is 0 Å². The molecule has 29 heavy (non-hydrogen) atoms. The molecule has 1 aromatic heterocycles. The van der Waals surface area contributed by atoms with Gasteiger partial charge in [0.2, 0.25) is 0 Å². The van der Waals surface area contributed by atoms with Crippen LogP contribution in [0.25, 0.3) is 5.57 Å². The molecule has 2 nitrogen and oxygen atoms in total. The van der Waals surface area contributed by atoms with Crippen LogP contribution in [-0.2, 0) is 13.0 Å². The minimum Gasteiger partial charge on any atom is -0.298 e. The van der Waals surface area contributed by atoms with Crippen LogP contribution in [0.1, 0.15) is 44.8 Å². The number of rotatable bonds is 2. The molecule has 4 heteroatoms. The van der Waals surface area contributed by atoms with Crippen molar-refractivity contribution in [1.82, 2.24) is 4.90 Å². The zero-order valence-corrected chi connectivity index (χ0v) is 17.7. The first kappa shape index (κ1) is 18.8. The standard InChI is InChI=1S/C25H22ClNOS/c26-20-7-5-17(6-8-20)16-27-12-9-18(10-13-27)24-21-4-2-1-3-19(21)15-23(28)25-22(24)11-14-29-25/h1-8,11,14H,9-10,12-13,15-16H2. The Morgan fingerprint density at radius 2 is 1.69 bits per heavy atom. The second kappa shape index (κ2) is 7.91. The number of hydrogen-bond donors (Lipinski definition) is 0. The van der Waals surface area contributed by atoms with Gasteiger partial charge >= 0.3 is 0 Å². The largest absolute Gasteiger partial charge is 0.298 e. The maximum absolute atomic E-state index is 12.8. The van der Waals surface area contributed by atoms with Crippen molar-refractivity contribution in [3.05, 3.63) is 97.7 Å². The first-order valence-electron chi connectivity index (χ1n) is 10.1. The van der Waals surface area contributed by atoms with Gasteiger partial charge in [-0.1, -0.05) is 53.6 Å². The van der Waals surface area contributed by atoms with Gasteiger partial charge in [0.05, 0.1) is 4.88 Å². The molecule has 0 radical (unpaired) electrons. The molecule has 1 aliphatic heterocycles. The molecule has 0 N–H and O–H groups in total. The number of nitrogens with zero attached hydrogens (tertiary/aromatic N) is 1. The van der Waals surface area contributed by atoms with Crippen LogP contribution >= 0.6 is 22.9 Å². The summed E-state index contributed by atoms with van der Waals surface area (Å²) in [5.41, 5.74) is 7.65. The van der Waals surface area contributed by atoms with Crippen LogP contribution in [0.15, 0.2) is 65.6 Å². The van der Waals surface area contributed by atoms with Crippen LogP contribution in [0.4, 0.5) is 0 Å². The third kappa shape index (κ3) is 3.71. The lowest BCUT2D eigenvalue weighted by Gasteiger charge is -2.30. The Balaban J connectivity index is 1.46. The first-order valence-corrected chi connectivity index (χ1v) is 11.3. The topological polar surface area (TPSA) is 20.3 Å². The summed E-state index contributed by atoms with van der Waals surface area (Å²) in [5.74, 6) is 0.248. The average Bonchev–Trinajstić information content (AvgIpc) is 3.18. The molecule has 1 saturated heterocycles. The smallest absolute Gasteiger partial charge is 0.177 e. The van der Waals surface area contributed by atoms with Gasteiger partial charge in [-0.3, -0.25) is 9.69 Å². The van der Waals surface area contributed by atoms with Crippen LogP contribution < -0.4 is 0 Å². The molecule has 0 bridgehead atoms. The molecule has 2 heterocycles. The van der Waals surface area contributed by atoms with Gasteiger partial charge in [-0.05, 0) is 58.7 Å². The SMILES string of the molecule is O=C1Cc2ccccc2C(=C2CCN(Cc3ccc(Cl)cc3)CC2)c2ccsc21. The maximum atomic E-state index is 12.8. The Morgan fingerprint density at radius 3 is 2.48 bits per heavy atom. The molecule has 0 amide bonds. The highest BCUT2D eigenvalue weighted by Gasteiger charge is 2.27. The zero-order valence-electron chi connectivity index (χ0n) is 16.2. The van der Waals surface area contributed by atoms with E-state index in [2.05, 4.69) is 46.7 Å². The number of carbonyl (C=O) groups is 1. The second-order valence-electron chi connectivity index (χ2n) is 7.80. The predicted octanol–water partition coefficient (Wildman–Crippen LogP) is 6.24. The van der Waals surface area contributed by atoms with E-state index in [1.165, 1.54) is 22.3 Å². The van der Waals surface area contributed by atoms with E-state index in [0.717, 1.165) is 53.5 Å². The van der Waals surface area contributed by atoms with Crippen molar-refractivity contribution in [2.75, 3.05) is 13.1 Å². The number of piperidine rings is 1. The molecule has 0 spiro atoms. The predicted molar refractivity (Wildman–Crippen MR) is 121 cm³/mol. The van der Waals surface area contributed by atoms with E-state index < -0.39 is 0 Å². The van der Waals surface area contributed by atoms with Crippen molar-refractivity contribution in [2.24, 2.45) is 0 Å². The van der Waals surface area contributed by atoms with Gasteiger partial charge in [0, 0.05) is 36.6 Å². The molecule has 0 saturated carbocycles. The molecule has 0 unspecified atom stereocenters. The molecule has 1 aliphatic carbocycles. The minimum absolute atomic E-state index is 0.248. The molecule has 5 rings (SSSR count). The first-order chi connectivity index (χ1) is 14.2. The maximum Gasteiger partial charge on any atom is 0.177 e. The second-order valence-corrected chi connectivity index (χ2v) is 9.15. The fourth-order valence-corrected chi connectivity index (χ4v) is 5.47. The van der Waals surface area contributed by atoms with Gasteiger partial charge in [0.1, 0.15) is 0 Å². The number of thiophene rings is 1. The van der Waals surface area contributed by atoms with Crippen LogP contribution in [0.5, 0.6) is 0 Å². The quantitative estimate of drug-likeness (QED) is 0.490. The fourth-order valence-electron chi connectivity index (χ4n) is 4.50. The van der Waals surface area contributed by atoms with E-state index in [0.29, 0.717) is 6.42 Å². The van der Waals surface area contributed by atoms with E-state index in [9.17, 15) is 4.79 Å². The number of fused-ring (bicyclic) bond motifs is 2. The monoisotopic (exact) mass is 419 g/mol. The molecule has 2 aliphatic rings. The zero-order chi connectivity index (χ0) is 19.8. The summed E-state index contributed by atoms with van der Waals surface area (Å²) in [6.07, 6.45) is 2.59. The summed E-state index contributed by atoms with van der Waals surface area (Å²) >= 11 is 7.60. The summed E-state index contributed by atoms with van der Waals surface area (Å²) in [6.45, 7) is 3.03. The molecule has 1 fully saturated rings. The Labute approximate surface area is 180 Å². The van der Waals surface area contributed by atoms with Crippen LogP contribution in [0.2, 0.25) is 5.02 Å². The van der Waals surface area contributed by atoms with Crippen molar-refractivity contribution in [1.29, 1.82) is 0 Å². The van der Waals surface area contributed by atoms with Crippen molar-refractivity contribution in [3.63, 3.8) is 0 Å². The van der Waals surface area contributed by atoms with Crippen LogP contribution in [0, 0.1) is 0 Å². The van der Waals surface area contributed by atoms with Gasteiger partial charge in [0.15, 0.2) is 5.78 Å². The van der Waals surface area contributed by atoms with Crippen molar-refractivity contribution >= 4 is 34.3 Å². The highest BCUT2D eigenvalue weighted by Crippen LogP contribution is 2.40. The molecule has 0 atom stereocenters. The van der Waals surface area contributed by atoms with Crippen molar-refractivity contribution in [3.8, 4) is 0 Å². The van der Waals surface area contributed by atoms with E-state index in [1.807, 2.05) is 18.2 Å². The summed E-state index contributed by atoms with van der Waals surface area (Å²) < 4.78 is 0. The van der Waals surface area contributed by atoms with Gasteiger partial charge in [-0.2, -0.15) is 0 Å². The molecule has 2 aromatic carbocycles. The van der Waals surface area contributed by atoms with Crippen LogP contribution in [-0.4, -0.2) is 23.8 Å². The summed E-state index contributed by atoms with van der Waals surface area (Å²) in [4.78, 5) is 16.2. The Bertz CT molecular complexity index is 1090. The van der Waals surface area contributed by atoms with Crippen LogP contribution in [0.3, 0.4) is 0 Å². The lowest BCUT2D eigenvalue weighted by molar-refractivity contribution is 0.0997. The minimum atomic E-state index is 0.248. The highest BCUT2D eigenvalue weighted by atomic mass is 35.5. The molecule has 3 aromatic rings. The normalized spacial score (nSPS) is 17.1. The van der Waals surface area contributed by atoms with E-state index >= 15 is 0 Å². The molecule has 146 valence electrons. The third-order valence-electron chi connectivity index (χ3n) is 5.96. The summed E-state index contributed by atoms with van der Waals surface area (Å²) in [5, 5.41) is 2.85. The number of likely N-dealkylation sites (tertiary alicyclic amines) is 1. The highest BCUT2D eigenvalue weighted by molar-refractivity contribution is 7.12. The van der Waals surface area contributed by atoms with E-state index in [-0.39, 0.29) is 5.78 Å². The molecular formula is C25H22ClNOS. The number of carbonyl (C=O) groups excluding carboxylic acids is 1. The number of ketones is 1. The number of hydrogen-bond acceptors (Lipinski definition) is 3. The van der Waals surface area contributed by atoms with Gasteiger partial charge in [0.25, 0.3) is 0 Å². The lowest BCUT2D eigenvalue weighted by atomic mass is 9.87. The Kier molecular flexibility index (Phi) is 5.13. The van der Waals surface area contributed by atoms with Crippen molar-refractivity contribution in [2.45, 2.75) is 25.8 Å². The lowest BCUT2D eigenvalue weighted by Crippen LogP contribution is -2.30. The summed E-state index contributed by atoms with van der Waals surface area (Å²) in [7, 11) is 0. The fraction of sp³-hybridized carbons (Fsp3) is 0.240. The van der Waals surface area contributed by atoms with Gasteiger partial charge < -0.3 is 0 Å². The average molecular weight is 420 g/mol. The van der Waals surface area contributed by atoms with E-state index in [1.54, 1.807) is 11.3 Å². The van der Waals surface area contributed by atoms with E-state index in [4.69, 9.17) is 11.6 Å². The Morgan fingerprint density at radius 1 is 0.931 bits per heavy atom.